The first-order valence-electron chi connectivity index (χ1n) is 6.98. The van der Waals surface area contributed by atoms with E-state index < -0.39 is 5.82 Å². The van der Waals surface area contributed by atoms with E-state index in [0.717, 1.165) is 17.8 Å². The van der Waals surface area contributed by atoms with Crippen LogP contribution in [-0.2, 0) is 4.79 Å². The highest BCUT2D eigenvalue weighted by Crippen LogP contribution is 2.25. The lowest BCUT2D eigenvalue weighted by atomic mass is 10.2. The van der Waals surface area contributed by atoms with Crippen LogP contribution < -0.4 is 5.32 Å². The van der Waals surface area contributed by atoms with Crippen LogP contribution in [0, 0.1) is 11.6 Å². The summed E-state index contributed by atoms with van der Waals surface area (Å²) in [6.07, 6.45) is 0. The van der Waals surface area contributed by atoms with Crippen molar-refractivity contribution in [2.45, 2.75) is 5.22 Å². The van der Waals surface area contributed by atoms with E-state index in [4.69, 9.17) is 16.0 Å². The first kappa shape index (κ1) is 17.4. The first-order chi connectivity index (χ1) is 12.0. The maximum atomic E-state index is 13.0. The normalized spacial score (nSPS) is 10.7. The Hall–Kier alpha value is -2.45. The van der Waals surface area contributed by atoms with E-state index in [-0.39, 0.29) is 33.6 Å². The fourth-order valence-corrected chi connectivity index (χ4v) is 2.66. The summed E-state index contributed by atoms with van der Waals surface area (Å²) in [5.41, 5.74) is 0.884. The molecule has 0 unspecified atom stereocenters. The second kappa shape index (κ2) is 7.62. The van der Waals surface area contributed by atoms with Gasteiger partial charge in [0, 0.05) is 5.56 Å². The predicted molar refractivity (Wildman–Crippen MR) is 90.5 cm³/mol. The number of carbonyl (C=O) groups is 1. The Kier molecular flexibility index (Phi) is 5.30. The third-order valence-corrected chi connectivity index (χ3v) is 4.16. The van der Waals surface area contributed by atoms with Gasteiger partial charge in [0.2, 0.25) is 11.8 Å². The van der Waals surface area contributed by atoms with Gasteiger partial charge in [-0.2, -0.15) is 0 Å². The molecule has 0 fully saturated rings. The standard InChI is InChI=1S/C16H10ClF2N3O2S/c17-12-7-11(19)5-6-13(12)20-14(23)8-25-16-22-21-15(24-16)9-1-3-10(18)4-2-9/h1-7H,8H2,(H,20,23). The van der Waals surface area contributed by atoms with Gasteiger partial charge in [-0.25, -0.2) is 8.78 Å². The molecule has 0 spiro atoms. The molecule has 2 aromatic carbocycles. The van der Waals surface area contributed by atoms with Crippen LogP contribution in [0.1, 0.15) is 0 Å². The Balaban J connectivity index is 1.58. The molecular weight excluding hydrogens is 372 g/mol. The number of amides is 1. The van der Waals surface area contributed by atoms with Crippen molar-refractivity contribution in [3.05, 3.63) is 59.1 Å². The van der Waals surface area contributed by atoms with Crippen LogP contribution >= 0.6 is 23.4 Å². The lowest BCUT2D eigenvalue weighted by Gasteiger charge is -2.06. The van der Waals surface area contributed by atoms with Gasteiger partial charge in [0.05, 0.1) is 16.5 Å². The summed E-state index contributed by atoms with van der Waals surface area (Å²) in [5.74, 6) is -0.992. The minimum atomic E-state index is -0.489. The van der Waals surface area contributed by atoms with E-state index in [1.54, 1.807) is 0 Å². The third kappa shape index (κ3) is 4.55. The van der Waals surface area contributed by atoms with E-state index in [1.165, 1.54) is 36.4 Å². The highest BCUT2D eigenvalue weighted by Gasteiger charge is 2.12. The van der Waals surface area contributed by atoms with Crippen LogP contribution in [0.25, 0.3) is 11.5 Å². The van der Waals surface area contributed by atoms with Crippen LogP contribution in [-0.4, -0.2) is 21.9 Å². The molecule has 0 saturated heterocycles. The summed E-state index contributed by atoms with van der Waals surface area (Å²) < 4.78 is 31.3. The molecule has 0 aliphatic rings. The van der Waals surface area contributed by atoms with Gasteiger partial charge in [-0.3, -0.25) is 4.79 Å². The van der Waals surface area contributed by atoms with Crippen molar-refractivity contribution in [1.82, 2.24) is 10.2 Å². The van der Waals surface area contributed by atoms with Crippen molar-refractivity contribution in [3.63, 3.8) is 0 Å². The Morgan fingerprint density at radius 1 is 1.12 bits per heavy atom. The van der Waals surface area contributed by atoms with Crippen molar-refractivity contribution in [2.75, 3.05) is 11.1 Å². The highest BCUT2D eigenvalue weighted by molar-refractivity contribution is 7.99. The van der Waals surface area contributed by atoms with Gasteiger partial charge in [0.25, 0.3) is 5.22 Å². The maximum Gasteiger partial charge on any atom is 0.277 e. The molecule has 5 nitrogen and oxygen atoms in total. The molecule has 3 aromatic rings. The fourth-order valence-electron chi connectivity index (χ4n) is 1.88. The van der Waals surface area contributed by atoms with E-state index in [0.29, 0.717) is 11.3 Å². The smallest absolute Gasteiger partial charge is 0.277 e. The Bertz CT molecular complexity index is 903. The highest BCUT2D eigenvalue weighted by atomic mass is 35.5. The SMILES string of the molecule is O=C(CSc1nnc(-c2ccc(F)cc2)o1)Nc1ccc(F)cc1Cl. The summed E-state index contributed by atoms with van der Waals surface area (Å²) in [5, 5.41) is 10.5. The minimum absolute atomic E-state index is 0.00123. The average Bonchev–Trinajstić information content (AvgIpc) is 3.05. The molecule has 0 aliphatic heterocycles. The number of hydrogen-bond acceptors (Lipinski definition) is 5. The minimum Gasteiger partial charge on any atom is -0.411 e. The van der Waals surface area contributed by atoms with Crippen molar-refractivity contribution in [1.29, 1.82) is 0 Å². The van der Waals surface area contributed by atoms with E-state index >= 15 is 0 Å². The first-order valence-corrected chi connectivity index (χ1v) is 8.35. The quantitative estimate of drug-likeness (QED) is 0.663. The Morgan fingerprint density at radius 3 is 2.56 bits per heavy atom. The van der Waals surface area contributed by atoms with Crippen molar-refractivity contribution < 1.29 is 18.0 Å². The molecule has 3 rings (SSSR count). The molecule has 0 bridgehead atoms. The lowest BCUT2D eigenvalue weighted by molar-refractivity contribution is -0.113. The van der Waals surface area contributed by atoms with Gasteiger partial charge in [0.1, 0.15) is 11.6 Å². The molecule has 9 heteroatoms. The summed E-state index contributed by atoms with van der Waals surface area (Å²) >= 11 is 6.88. The summed E-state index contributed by atoms with van der Waals surface area (Å²) in [6.45, 7) is 0. The van der Waals surface area contributed by atoms with Gasteiger partial charge < -0.3 is 9.73 Å². The fraction of sp³-hybridized carbons (Fsp3) is 0.0625. The molecular formula is C16H10ClF2N3O2S. The summed E-state index contributed by atoms with van der Waals surface area (Å²) in [7, 11) is 0. The molecule has 0 aliphatic carbocycles. The number of aromatic nitrogens is 2. The van der Waals surface area contributed by atoms with Gasteiger partial charge in [-0.15, -0.1) is 10.2 Å². The summed E-state index contributed by atoms with van der Waals surface area (Å²) in [6, 6.07) is 9.28. The van der Waals surface area contributed by atoms with Crippen LogP contribution in [0.3, 0.4) is 0 Å². The van der Waals surface area contributed by atoms with Crippen molar-refractivity contribution >= 4 is 35.0 Å². The molecule has 0 saturated carbocycles. The second-order valence-corrected chi connectivity index (χ2v) is 6.17. The van der Waals surface area contributed by atoms with Gasteiger partial charge in [0.15, 0.2) is 0 Å². The number of anilines is 1. The predicted octanol–water partition coefficient (Wildman–Crippen LogP) is 4.40. The van der Waals surface area contributed by atoms with E-state index in [9.17, 15) is 13.6 Å². The summed E-state index contributed by atoms with van der Waals surface area (Å²) in [4.78, 5) is 11.9. The number of halogens is 3. The molecule has 0 atom stereocenters. The molecule has 128 valence electrons. The van der Waals surface area contributed by atoms with Crippen LogP contribution in [0.4, 0.5) is 14.5 Å². The topological polar surface area (TPSA) is 68.0 Å². The zero-order valence-corrected chi connectivity index (χ0v) is 14.1. The van der Waals surface area contributed by atoms with E-state index in [1.807, 2.05) is 0 Å². The van der Waals surface area contributed by atoms with Crippen molar-refractivity contribution in [2.24, 2.45) is 0 Å². The van der Waals surface area contributed by atoms with Crippen LogP contribution in [0.2, 0.25) is 5.02 Å². The molecule has 1 aromatic heterocycles. The van der Waals surface area contributed by atoms with Crippen LogP contribution in [0.5, 0.6) is 0 Å². The number of carbonyl (C=O) groups excluding carboxylic acids is 1. The Morgan fingerprint density at radius 2 is 1.84 bits per heavy atom. The largest absolute Gasteiger partial charge is 0.411 e. The molecule has 25 heavy (non-hydrogen) atoms. The van der Waals surface area contributed by atoms with Gasteiger partial charge >= 0.3 is 0 Å². The molecule has 1 N–H and O–H groups in total. The Labute approximate surface area is 150 Å². The third-order valence-electron chi connectivity index (χ3n) is 3.03. The number of nitrogens with zero attached hydrogens (tertiary/aromatic N) is 2. The number of rotatable bonds is 5. The van der Waals surface area contributed by atoms with Gasteiger partial charge in [-0.1, -0.05) is 23.4 Å². The molecule has 1 amide bonds. The number of hydrogen-bond donors (Lipinski definition) is 1. The average molecular weight is 382 g/mol. The van der Waals surface area contributed by atoms with E-state index in [2.05, 4.69) is 15.5 Å². The van der Waals surface area contributed by atoms with Gasteiger partial charge in [-0.05, 0) is 42.5 Å². The maximum absolute atomic E-state index is 13.0. The number of thioether (sulfide) groups is 1. The number of benzene rings is 2. The zero-order chi connectivity index (χ0) is 17.8. The van der Waals surface area contributed by atoms with Crippen LogP contribution in [0.15, 0.2) is 52.1 Å². The number of nitrogens with one attached hydrogen (secondary N) is 1. The monoisotopic (exact) mass is 381 g/mol. The molecule has 0 radical (unpaired) electrons. The molecule has 1 heterocycles. The second-order valence-electron chi connectivity index (χ2n) is 4.84. The van der Waals surface area contributed by atoms with Crippen molar-refractivity contribution in [3.8, 4) is 11.5 Å². The lowest BCUT2D eigenvalue weighted by Crippen LogP contribution is -2.14. The zero-order valence-electron chi connectivity index (χ0n) is 12.5.